The number of hydrogen-bond donors (Lipinski definition) is 1. The van der Waals surface area contributed by atoms with Crippen LogP contribution < -0.4 is 10.1 Å². The summed E-state index contributed by atoms with van der Waals surface area (Å²) in [6.07, 6.45) is 4.74. The van der Waals surface area contributed by atoms with Crippen molar-refractivity contribution in [3.05, 3.63) is 76.5 Å². The van der Waals surface area contributed by atoms with Crippen molar-refractivity contribution in [1.29, 1.82) is 0 Å². The summed E-state index contributed by atoms with van der Waals surface area (Å²) in [4.78, 5) is 19.1. The summed E-state index contributed by atoms with van der Waals surface area (Å²) in [7, 11) is 3.50. The second-order valence-electron chi connectivity index (χ2n) is 6.11. The highest BCUT2D eigenvalue weighted by Gasteiger charge is 2.22. The lowest BCUT2D eigenvalue weighted by Gasteiger charge is -2.19. The summed E-state index contributed by atoms with van der Waals surface area (Å²) < 4.78 is 8.43. The van der Waals surface area contributed by atoms with Crippen LogP contribution in [0.5, 0.6) is 5.75 Å². The van der Waals surface area contributed by atoms with Crippen molar-refractivity contribution in [2.24, 2.45) is 7.05 Å². The van der Waals surface area contributed by atoms with Crippen molar-refractivity contribution < 1.29 is 9.66 Å². The number of imidazole rings is 2. The molecule has 0 bridgehead atoms. The number of nitrogens with zero attached hydrogens (tertiary/aromatic N) is 6. The van der Waals surface area contributed by atoms with Crippen molar-refractivity contribution in [2.75, 3.05) is 12.4 Å². The summed E-state index contributed by atoms with van der Waals surface area (Å²) in [6, 6.07) is 10.7. The van der Waals surface area contributed by atoms with E-state index in [1.165, 1.54) is 10.7 Å². The molecule has 0 spiro atoms. The molecule has 0 amide bonds. The fraction of sp³-hybridized carbons (Fsp3) is 0.167. The number of benzene rings is 1. The fourth-order valence-electron chi connectivity index (χ4n) is 2.98. The van der Waals surface area contributed by atoms with E-state index >= 15 is 0 Å². The van der Waals surface area contributed by atoms with Crippen LogP contribution in [-0.2, 0) is 7.05 Å². The number of ether oxygens (including phenoxy) is 1. The van der Waals surface area contributed by atoms with Crippen molar-refractivity contribution >= 4 is 17.3 Å². The highest BCUT2D eigenvalue weighted by Crippen LogP contribution is 2.27. The molecule has 0 radical (unpaired) electrons. The first-order valence-electron chi connectivity index (χ1n) is 8.43. The molecule has 1 unspecified atom stereocenters. The number of anilines is 1. The summed E-state index contributed by atoms with van der Waals surface area (Å²) in [5.74, 6) is 1.72. The van der Waals surface area contributed by atoms with Crippen LogP contribution in [0, 0.1) is 10.1 Å². The van der Waals surface area contributed by atoms with Gasteiger partial charge in [-0.1, -0.05) is 21.7 Å². The Morgan fingerprint density at radius 2 is 2.11 bits per heavy atom. The third-order valence-electron chi connectivity index (χ3n) is 4.37. The maximum Gasteiger partial charge on any atom is 0.368 e. The molecule has 4 aromatic rings. The number of nitrogens with one attached hydrogen (secondary N) is 1. The SMILES string of the molecule is COc1cccc(C(Nc2ccc3ncc([N+](=O)[O-])n3n2)c2nccn2C)c1. The molecule has 0 aliphatic rings. The zero-order chi connectivity index (χ0) is 19.7. The van der Waals surface area contributed by atoms with Crippen LogP contribution >= 0.6 is 0 Å². The Labute approximate surface area is 159 Å². The van der Waals surface area contributed by atoms with Gasteiger partial charge in [0.1, 0.15) is 23.8 Å². The van der Waals surface area contributed by atoms with Crippen LogP contribution in [0.1, 0.15) is 17.4 Å². The van der Waals surface area contributed by atoms with E-state index < -0.39 is 4.92 Å². The van der Waals surface area contributed by atoms with Gasteiger partial charge in [0.2, 0.25) is 5.65 Å². The van der Waals surface area contributed by atoms with Gasteiger partial charge >= 0.3 is 5.82 Å². The minimum atomic E-state index is -0.519. The van der Waals surface area contributed by atoms with Gasteiger partial charge in [-0.25, -0.2) is 9.97 Å². The smallest absolute Gasteiger partial charge is 0.368 e. The first kappa shape index (κ1) is 17.5. The van der Waals surface area contributed by atoms with Gasteiger partial charge in [-0.3, -0.25) is 0 Å². The molecule has 142 valence electrons. The molecule has 3 heterocycles. The molecule has 3 aromatic heterocycles. The summed E-state index contributed by atoms with van der Waals surface area (Å²) >= 11 is 0. The minimum Gasteiger partial charge on any atom is -0.497 e. The molecule has 28 heavy (non-hydrogen) atoms. The van der Waals surface area contributed by atoms with E-state index in [1.54, 1.807) is 25.4 Å². The zero-order valence-electron chi connectivity index (χ0n) is 15.2. The van der Waals surface area contributed by atoms with Gasteiger partial charge in [0.15, 0.2) is 5.82 Å². The zero-order valence-corrected chi connectivity index (χ0v) is 15.2. The molecule has 4 rings (SSSR count). The van der Waals surface area contributed by atoms with Crippen molar-refractivity contribution in [3.8, 4) is 5.75 Å². The van der Waals surface area contributed by atoms with E-state index in [0.717, 1.165) is 11.4 Å². The minimum absolute atomic E-state index is 0.200. The van der Waals surface area contributed by atoms with Gasteiger partial charge in [-0.2, -0.15) is 0 Å². The molecular weight excluding hydrogens is 362 g/mol. The average molecular weight is 379 g/mol. The van der Waals surface area contributed by atoms with Crippen LogP contribution in [0.3, 0.4) is 0 Å². The maximum atomic E-state index is 11.2. The molecule has 1 N–H and O–H groups in total. The predicted molar refractivity (Wildman–Crippen MR) is 101 cm³/mol. The second kappa shape index (κ2) is 6.99. The standard InChI is InChI=1S/C18H17N7O3/c1-23-9-8-19-18(23)17(12-4-3-5-13(10-12)28-2)21-14-6-7-15-20-11-16(25(26)27)24(15)22-14/h3-11,17H,1-2H3,(H,21,22). The Kier molecular flexibility index (Phi) is 4.36. The molecule has 1 aromatic carbocycles. The Bertz CT molecular complexity index is 1150. The Balaban J connectivity index is 1.77. The molecule has 1 atom stereocenters. The second-order valence-corrected chi connectivity index (χ2v) is 6.11. The van der Waals surface area contributed by atoms with E-state index in [0.29, 0.717) is 17.2 Å². The van der Waals surface area contributed by atoms with Crippen LogP contribution in [0.2, 0.25) is 0 Å². The largest absolute Gasteiger partial charge is 0.497 e. The molecule has 10 heteroatoms. The highest BCUT2D eigenvalue weighted by molar-refractivity contribution is 5.50. The number of aryl methyl sites for hydroxylation is 1. The van der Waals surface area contributed by atoms with Crippen LogP contribution in [-0.4, -0.2) is 36.2 Å². The normalized spacial score (nSPS) is 12.1. The van der Waals surface area contributed by atoms with E-state index in [2.05, 4.69) is 20.4 Å². The molecule has 0 aliphatic heterocycles. The molecular formula is C18H17N7O3. The van der Waals surface area contributed by atoms with Crippen molar-refractivity contribution in [3.63, 3.8) is 0 Å². The number of methoxy groups -OCH3 is 1. The lowest BCUT2D eigenvalue weighted by Crippen LogP contribution is -2.18. The van der Waals surface area contributed by atoms with E-state index in [9.17, 15) is 10.1 Å². The van der Waals surface area contributed by atoms with Gasteiger partial charge in [-0.05, 0) is 28.7 Å². The molecule has 0 saturated carbocycles. The van der Waals surface area contributed by atoms with E-state index in [-0.39, 0.29) is 11.9 Å². The van der Waals surface area contributed by atoms with Gasteiger partial charge in [0, 0.05) is 25.5 Å². The highest BCUT2D eigenvalue weighted by atomic mass is 16.6. The lowest BCUT2D eigenvalue weighted by atomic mass is 10.1. The summed E-state index contributed by atoms with van der Waals surface area (Å²) in [5.41, 5.74) is 1.31. The topological polar surface area (TPSA) is 112 Å². The molecule has 0 fully saturated rings. The van der Waals surface area contributed by atoms with Gasteiger partial charge < -0.3 is 24.7 Å². The van der Waals surface area contributed by atoms with Crippen LogP contribution in [0.25, 0.3) is 5.65 Å². The first-order chi connectivity index (χ1) is 13.6. The number of aromatic nitrogens is 5. The molecule has 0 saturated heterocycles. The van der Waals surface area contributed by atoms with E-state index in [1.807, 2.05) is 42.1 Å². The number of nitro groups is 1. The Morgan fingerprint density at radius 1 is 1.25 bits per heavy atom. The lowest BCUT2D eigenvalue weighted by molar-refractivity contribution is -0.391. The maximum absolute atomic E-state index is 11.2. The summed E-state index contributed by atoms with van der Waals surface area (Å²) in [5, 5.41) is 18.8. The Morgan fingerprint density at radius 3 is 2.82 bits per heavy atom. The quantitative estimate of drug-likeness (QED) is 0.405. The van der Waals surface area contributed by atoms with Crippen molar-refractivity contribution in [2.45, 2.75) is 6.04 Å². The molecule has 10 nitrogen and oxygen atoms in total. The number of hydrogen-bond acceptors (Lipinski definition) is 7. The molecule has 0 aliphatic carbocycles. The first-order valence-corrected chi connectivity index (χ1v) is 8.43. The Hall–Kier alpha value is -3.95. The van der Waals surface area contributed by atoms with Gasteiger partial charge in [-0.15, -0.1) is 0 Å². The van der Waals surface area contributed by atoms with Crippen molar-refractivity contribution in [1.82, 2.24) is 24.1 Å². The number of rotatable bonds is 6. The van der Waals surface area contributed by atoms with Crippen LogP contribution in [0.15, 0.2) is 55.0 Å². The van der Waals surface area contributed by atoms with Gasteiger partial charge in [0.05, 0.1) is 7.11 Å². The van der Waals surface area contributed by atoms with E-state index in [4.69, 9.17) is 4.74 Å². The third-order valence-corrected chi connectivity index (χ3v) is 4.37. The van der Waals surface area contributed by atoms with Crippen LogP contribution in [0.4, 0.5) is 11.6 Å². The summed E-state index contributed by atoms with van der Waals surface area (Å²) in [6.45, 7) is 0. The third kappa shape index (κ3) is 3.11. The predicted octanol–water partition coefficient (Wildman–Crippen LogP) is 2.58. The average Bonchev–Trinajstić information content (AvgIpc) is 3.32. The monoisotopic (exact) mass is 379 g/mol. The fourth-order valence-corrected chi connectivity index (χ4v) is 2.98. The number of fused-ring (bicyclic) bond motifs is 1. The van der Waals surface area contributed by atoms with Gasteiger partial charge in [0.25, 0.3) is 0 Å².